The molecule has 108 valence electrons. The van der Waals surface area contributed by atoms with Gasteiger partial charge in [-0.2, -0.15) is 0 Å². The summed E-state index contributed by atoms with van der Waals surface area (Å²) in [5, 5.41) is 5.36. The monoisotopic (exact) mass is 411 g/mol. The van der Waals surface area contributed by atoms with Gasteiger partial charge < -0.3 is 5.32 Å². The van der Waals surface area contributed by atoms with Gasteiger partial charge in [0, 0.05) is 4.88 Å². The topological polar surface area (TPSA) is 12.0 Å². The SMILES string of the molecule is CCCNC(c1cc(Cl)c(Br)s1)c1cccc(Cl)c1Cl. The molecule has 0 aliphatic carbocycles. The van der Waals surface area contributed by atoms with Crippen LogP contribution in [-0.2, 0) is 0 Å². The third kappa shape index (κ3) is 3.70. The first-order valence-electron chi connectivity index (χ1n) is 6.16. The van der Waals surface area contributed by atoms with Crippen molar-refractivity contribution in [2.45, 2.75) is 19.4 Å². The van der Waals surface area contributed by atoms with E-state index >= 15 is 0 Å². The fourth-order valence-electron chi connectivity index (χ4n) is 1.90. The second-order valence-electron chi connectivity index (χ2n) is 4.30. The van der Waals surface area contributed by atoms with Crippen molar-refractivity contribution >= 4 is 62.1 Å². The highest BCUT2D eigenvalue weighted by molar-refractivity contribution is 9.11. The normalized spacial score (nSPS) is 12.7. The van der Waals surface area contributed by atoms with Crippen LogP contribution in [0.4, 0.5) is 0 Å². The molecule has 20 heavy (non-hydrogen) atoms. The summed E-state index contributed by atoms with van der Waals surface area (Å²) in [4.78, 5) is 1.11. The van der Waals surface area contributed by atoms with Crippen LogP contribution < -0.4 is 5.32 Å². The number of hydrogen-bond acceptors (Lipinski definition) is 2. The van der Waals surface area contributed by atoms with Crippen LogP contribution in [0.25, 0.3) is 0 Å². The molecule has 1 atom stereocenters. The molecule has 0 aliphatic heterocycles. The molecule has 1 N–H and O–H groups in total. The van der Waals surface area contributed by atoms with Crippen molar-refractivity contribution in [2.75, 3.05) is 6.54 Å². The van der Waals surface area contributed by atoms with Crippen LogP contribution in [0.2, 0.25) is 15.1 Å². The lowest BCUT2D eigenvalue weighted by Gasteiger charge is -2.19. The molecule has 6 heteroatoms. The Kier molecular flexibility index (Phi) is 6.21. The third-order valence-electron chi connectivity index (χ3n) is 2.84. The average molecular weight is 414 g/mol. The molecule has 0 bridgehead atoms. The summed E-state index contributed by atoms with van der Waals surface area (Å²) in [7, 11) is 0. The first kappa shape index (κ1) is 16.6. The fourth-order valence-corrected chi connectivity index (χ4v) is 4.16. The predicted octanol–water partition coefficient (Wildman–Crippen LogP) is 6.56. The first-order chi connectivity index (χ1) is 9.54. The van der Waals surface area contributed by atoms with Gasteiger partial charge in [0.15, 0.2) is 0 Å². The van der Waals surface area contributed by atoms with E-state index in [-0.39, 0.29) is 6.04 Å². The van der Waals surface area contributed by atoms with Crippen LogP contribution in [0.3, 0.4) is 0 Å². The summed E-state index contributed by atoms with van der Waals surface area (Å²) in [5.41, 5.74) is 0.970. The van der Waals surface area contributed by atoms with Gasteiger partial charge in [-0.15, -0.1) is 11.3 Å². The molecule has 1 aromatic heterocycles. The minimum atomic E-state index is -0.00468. The summed E-state index contributed by atoms with van der Waals surface area (Å²) < 4.78 is 0.926. The highest BCUT2D eigenvalue weighted by atomic mass is 79.9. The van der Waals surface area contributed by atoms with Crippen LogP contribution in [-0.4, -0.2) is 6.54 Å². The summed E-state index contributed by atoms with van der Waals surface area (Å²) in [5.74, 6) is 0. The van der Waals surface area contributed by atoms with Crippen molar-refractivity contribution in [3.63, 3.8) is 0 Å². The van der Waals surface area contributed by atoms with E-state index in [4.69, 9.17) is 34.8 Å². The molecule has 1 aromatic carbocycles. The maximum atomic E-state index is 6.35. The lowest BCUT2D eigenvalue weighted by Crippen LogP contribution is -2.22. The highest BCUT2D eigenvalue weighted by Crippen LogP contribution is 2.40. The van der Waals surface area contributed by atoms with E-state index in [1.165, 1.54) is 0 Å². The Balaban J connectivity index is 2.44. The van der Waals surface area contributed by atoms with Gasteiger partial charge in [0.25, 0.3) is 0 Å². The van der Waals surface area contributed by atoms with Crippen molar-refractivity contribution in [3.8, 4) is 0 Å². The molecule has 1 nitrogen and oxygen atoms in total. The molecule has 2 rings (SSSR count). The lowest BCUT2D eigenvalue weighted by atomic mass is 10.1. The fraction of sp³-hybridized carbons (Fsp3) is 0.286. The molecule has 1 unspecified atom stereocenters. The number of rotatable bonds is 5. The zero-order chi connectivity index (χ0) is 14.7. The quantitative estimate of drug-likeness (QED) is 0.585. The zero-order valence-corrected chi connectivity index (χ0v) is 15.4. The first-order valence-corrected chi connectivity index (χ1v) is 8.91. The van der Waals surface area contributed by atoms with Crippen LogP contribution >= 0.6 is 62.1 Å². The molecule has 0 amide bonds. The Morgan fingerprint density at radius 3 is 2.60 bits per heavy atom. The van der Waals surface area contributed by atoms with Crippen molar-refractivity contribution in [2.24, 2.45) is 0 Å². The minimum Gasteiger partial charge on any atom is -0.306 e. The molecular formula is C14H13BrCl3NS. The molecule has 2 aromatic rings. The summed E-state index contributed by atoms with van der Waals surface area (Å²) >= 11 is 23.7. The van der Waals surface area contributed by atoms with Crippen LogP contribution in [0.5, 0.6) is 0 Å². The van der Waals surface area contributed by atoms with Gasteiger partial charge >= 0.3 is 0 Å². The number of benzene rings is 1. The molecule has 0 saturated heterocycles. The smallest absolute Gasteiger partial charge is 0.0888 e. The number of nitrogens with one attached hydrogen (secondary N) is 1. The van der Waals surface area contributed by atoms with Crippen molar-refractivity contribution in [3.05, 3.63) is 53.6 Å². The predicted molar refractivity (Wildman–Crippen MR) is 93.6 cm³/mol. The van der Waals surface area contributed by atoms with Gasteiger partial charge in [0.2, 0.25) is 0 Å². The van der Waals surface area contributed by atoms with Gasteiger partial charge in [-0.3, -0.25) is 0 Å². The van der Waals surface area contributed by atoms with Gasteiger partial charge in [0.05, 0.1) is 24.9 Å². The van der Waals surface area contributed by atoms with Crippen LogP contribution in [0.15, 0.2) is 28.1 Å². The van der Waals surface area contributed by atoms with Gasteiger partial charge in [-0.1, -0.05) is 53.9 Å². The van der Waals surface area contributed by atoms with E-state index in [1.54, 1.807) is 17.4 Å². The van der Waals surface area contributed by atoms with E-state index in [1.807, 2.05) is 18.2 Å². The maximum Gasteiger partial charge on any atom is 0.0888 e. The van der Waals surface area contributed by atoms with E-state index in [9.17, 15) is 0 Å². The minimum absolute atomic E-state index is 0.00468. The van der Waals surface area contributed by atoms with Gasteiger partial charge in [-0.05, 0) is 46.6 Å². The number of hydrogen-bond donors (Lipinski definition) is 1. The summed E-state index contributed by atoms with van der Waals surface area (Å²) in [6.07, 6.45) is 1.04. The standard InChI is InChI=1S/C14H13BrCl3NS/c1-2-6-19-13(11-7-10(17)14(15)20-11)8-4-3-5-9(16)12(8)18/h3-5,7,13,19H,2,6H2,1H3. The average Bonchev–Trinajstić information content (AvgIpc) is 2.74. The maximum absolute atomic E-state index is 6.35. The van der Waals surface area contributed by atoms with Crippen LogP contribution in [0.1, 0.15) is 29.8 Å². The molecule has 0 radical (unpaired) electrons. The molecule has 0 fully saturated rings. The lowest BCUT2D eigenvalue weighted by molar-refractivity contribution is 0.606. The van der Waals surface area contributed by atoms with E-state index in [0.717, 1.165) is 27.2 Å². The van der Waals surface area contributed by atoms with E-state index in [2.05, 4.69) is 28.2 Å². The Morgan fingerprint density at radius 1 is 1.25 bits per heavy atom. The second kappa shape index (κ2) is 7.48. The molecule has 0 spiro atoms. The number of halogens is 4. The van der Waals surface area contributed by atoms with E-state index < -0.39 is 0 Å². The van der Waals surface area contributed by atoms with Crippen LogP contribution in [0, 0.1) is 0 Å². The Hall–Kier alpha value is 0.230. The molecule has 1 heterocycles. The highest BCUT2D eigenvalue weighted by Gasteiger charge is 2.20. The summed E-state index contributed by atoms with van der Waals surface area (Å²) in [6.45, 7) is 3.02. The Morgan fingerprint density at radius 2 is 2.00 bits per heavy atom. The van der Waals surface area contributed by atoms with Gasteiger partial charge in [0.1, 0.15) is 0 Å². The largest absolute Gasteiger partial charge is 0.306 e. The number of thiophene rings is 1. The van der Waals surface area contributed by atoms with Gasteiger partial charge in [-0.25, -0.2) is 0 Å². The Bertz CT molecular complexity index is 581. The zero-order valence-electron chi connectivity index (χ0n) is 10.7. The summed E-state index contributed by atoms with van der Waals surface area (Å²) in [6, 6.07) is 7.65. The van der Waals surface area contributed by atoms with Crippen molar-refractivity contribution in [1.82, 2.24) is 5.32 Å². The molecular weight excluding hydrogens is 400 g/mol. The van der Waals surface area contributed by atoms with E-state index in [0.29, 0.717) is 15.1 Å². The second-order valence-corrected chi connectivity index (χ2v) is 7.89. The molecule has 0 aliphatic rings. The van der Waals surface area contributed by atoms with Crippen molar-refractivity contribution in [1.29, 1.82) is 0 Å². The molecule has 0 saturated carbocycles. The third-order valence-corrected chi connectivity index (χ3v) is 6.21. The Labute approximate surface area is 146 Å². The van der Waals surface area contributed by atoms with Crippen molar-refractivity contribution < 1.29 is 0 Å².